The third kappa shape index (κ3) is 7.22. The normalized spacial score (nSPS) is 15.8. The van der Waals surface area contributed by atoms with E-state index in [4.69, 9.17) is 0 Å². The molecule has 0 radical (unpaired) electrons. The summed E-state index contributed by atoms with van der Waals surface area (Å²) in [6.45, 7) is 45.0. The molecule has 0 unspecified atom stereocenters. The van der Waals surface area contributed by atoms with E-state index in [1.165, 1.54) is 139 Å². The van der Waals surface area contributed by atoms with E-state index in [0.29, 0.717) is 0 Å². The Morgan fingerprint density at radius 1 is 0.333 bits per heavy atom. The van der Waals surface area contributed by atoms with E-state index in [1.54, 1.807) is 0 Å². The minimum absolute atomic E-state index is 0.0183. The fraction of sp³-hybridized carbons (Fsp3) is 0.351. The van der Waals surface area contributed by atoms with Crippen LogP contribution < -0.4 is 21.3 Å². The van der Waals surface area contributed by atoms with Gasteiger partial charge in [0.2, 0.25) is 6.71 Å². The molecule has 0 N–H and O–H groups in total. The molecule has 394 valence electrons. The number of hydrogen-bond donors (Lipinski definition) is 0. The maximum Gasteiger partial charge on any atom is 0.247 e. The quantitative estimate of drug-likeness (QED) is 0.157. The van der Waals surface area contributed by atoms with E-state index in [2.05, 4.69) is 285 Å². The monoisotopic (exact) mass is 1020 g/mol. The Kier molecular flexibility index (Phi) is 10.4. The molecule has 0 spiro atoms. The summed E-state index contributed by atoms with van der Waals surface area (Å²) in [5.74, 6) is 0. The lowest BCUT2D eigenvalue weighted by Crippen LogP contribution is -2.64. The van der Waals surface area contributed by atoms with Crippen molar-refractivity contribution in [2.75, 3.05) is 4.90 Å². The van der Waals surface area contributed by atoms with Crippen LogP contribution in [-0.4, -0.2) is 15.8 Å². The fourth-order valence-electron chi connectivity index (χ4n) is 14.1. The molecule has 3 nitrogen and oxygen atoms in total. The van der Waals surface area contributed by atoms with Gasteiger partial charge in [0.25, 0.3) is 0 Å². The molecule has 13 rings (SSSR count). The van der Waals surface area contributed by atoms with Gasteiger partial charge in [-0.1, -0.05) is 210 Å². The summed E-state index contributed by atoms with van der Waals surface area (Å²) < 4.78 is 5.21. The lowest BCUT2D eigenvalue weighted by Gasteiger charge is -2.45. The van der Waals surface area contributed by atoms with Gasteiger partial charge in [-0.05, 0) is 155 Å². The van der Waals surface area contributed by atoms with Crippen molar-refractivity contribution in [2.24, 2.45) is 0 Å². The molecule has 0 bridgehead atoms. The van der Waals surface area contributed by atoms with Gasteiger partial charge in [0.15, 0.2) is 0 Å². The minimum Gasteiger partial charge on any atom is -0.311 e. The highest BCUT2D eigenvalue weighted by atomic mass is 15.2. The number of nitrogens with zero attached hydrogens (tertiary/aromatic N) is 3. The molecule has 10 aromatic rings. The van der Waals surface area contributed by atoms with Crippen LogP contribution in [0.2, 0.25) is 0 Å². The van der Waals surface area contributed by atoms with Gasteiger partial charge >= 0.3 is 0 Å². The largest absolute Gasteiger partial charge is 0.311 e. The van der Waals surface area contributed by atoms with Crippen molar-refractivity contribution in [3.05, 3.63) is 190 Å². The van der Waals surface area contributed by atoms with Crippen LogP contribution >= 0.6 is 0 Å². The van der Waals surface area contributed by atoms with E-state index in [-0.39, 0.29) is 44.6 Å². The van der Waals surface area contributed by atoms with Crippen LogP contribution in [0, 0.1) is 0 Å². The summed E-state index contributed by atoms with van der Waals surface area (Å²) in [7, 11) is 0. The summed E-state index contributed by atoms with van der Waals surface area (Å²) in [4.78, 5) is 2.61. The first-order valence-electron chi connectivity index (χ1n) is 29.0. The van der Waals surface area contributed by atoms with Gasteiger partial charge in [0, 0.05) is 55.1 Å². The molecule has 2 aromatic heterocycles. The van der Waals surface area contributed by atoms with Crippen molar-refractivity contribution in [2.45, 2.75) is 169 Å². The van der Waals surface area contributed by atoms with E-state index in [9.17, 15) is 0 Å². The Morgan fingerprint density at radius 3 is 1.44 bits per heavy atom. The number of fused-ring (bicyclic) bond motifs is 12. The molecule has 0 atom stereocenters. The molecule has 8 aromatic carbocycles. The first-order valence-corrected chi connectivity index (χ1v) is 29.0. The highest BCUT2D eigenvalue weighted by molar-refractivity contribution is 6.99. The predicted octanol–water partition coefficient (Wildman–Crippen LogP) is 17.9. The molecule has 78 heavy (non-hydrogen) atoms. The van der Waals surface area contributed by atoms with Crippen molar-refractivity contribution in [1.82, 2.24) is 9.13 Å². The van der Waals surface area contributed by atoms with Gasteiger partial charge in [0.1, 0.15) is 0 Å². The molecular weight excluding hydrogens is 942 g/mol. The molecule has 3 aliphatic heterocycles. The Hall–Kier alpha value is -6.78. The van der Waals surface area contributed by atoms with Crippen molar-refractivity contribution >= 4 is 83.8 Å². The average Bonchev–Trinajstić information content (AvgIpc) is 2.59. The van der Waals surface area contributed by atoms with Crippen LogP contribution in [0.15, 0.2) is 140 Å². The molecule has 4 heteroatoms. The third-order valence-electron chi connectivity index (χ3n) is 18.9. The highest BCUT2D eigenvalue weighted by Gasteiger charge is 2.48. The summed E-state index contributed by atoms with van der Waals surface area (Å²) in [6.07, 6.45) is 0. The summed E-state index contributed by atoms with van der Waals surface area (Å²) >= 11 is 0. The van der Waals surface area contributed by atoms with Crippen molar-refractivity contribution in [1.29, 1.82) is 0 Å². The third-order valence-corrected chi connectivity index (χ3v) is 18.9. The summed E-state index contributed by atoms with van der Waals surface area (Å²) in [5, 5.41) is 5.28. The van der Waals surface area contributed by atoms with Crippen LogP contribution in [-0.2, 0) is 37.9 Å². The molecular formula is C74H80BN3. The second kappa shape index (κ2) is 16.0. The van der Waals surface area contributed by atoms with Crippen molar-refractivity contribution < 1.29 is 0 Å². The van der Waals surface area contributed by atoms with Crippen molar-refractivity contribution in [3.63, 3.8) is 0 Å². The number of rotatable bonds is 2. The summed E-state index contributed by atoms with van der Waals surface area (Å²) in [6, 6.07) is 56.3. The molecule has 0 saturated carbocycles. The second-order valence-corrected chi connectivity index (χ2v) is 30.0. The minimum atomic E-state index is -0.311. The molecule has 0 saturated heterocycles. The SMILES string of the molecule is CC(C)(C)c1ccc(N2c3cc4c(cc3B3c5cc6c7cc(C(C)(C)C)cc8c7n(c6cc5C(C)(C)c5cccc2c53)-c2ccc(C(C)(C)C)cc2C8(C)C)c2cc(C(C)(C)C)ccc2n4-c2ccc(C(C)(C)C)cc2)cc1. The molecule has 5 heterocycles. The lowest BCUT2D eigenvalue weighted by molar-refractivity contribution is 0.573. The maximum atomic E-state index is 2.67. The van der Waals surface area contributed by atoms with Gasteiger partial charge in [-0.15, -0.1) is 0 Å². The van der Waals surface area contributed by atoms with Gasteiger partial charge in [-0.2, -0.15) is 0 Å². The lowest BCUT2D eigenvalue weighted by atomic mass is 9.30. The van der Waals surface area contributed by atoms with Gasteiger partial charge in [-0.3, -0.25) is 0 Å². The topological polar surface area (TPSA) is 13.1 Å². The van der Waals surface area contributed by atoms with Crippen LogP contribution in [0.25, 0.3) is 55.0 Å². The Morgan fingerprint density at radius 2 is 0.821 bits per heavy atom. The van der Waals surface area contributed by atoms with E-state index in [1.807, 2.05) is 0 Å². The maximum absolute atomic E-state index is 2.67. The van der Waals surface area contributed by atoms with Crippen LogP contribution in [0.3, 0.4) is 0 Å². The van der Waals surface area contributed by atoms with Gasteiger partial charge < -0.3 is 14.0 Å². The number of benzene rings is 8. The van der Waals surface area contributed by atoms with E-state index in [0.717, 1.165) is 0 Å². The van der Waals surface area contributed by atoms with Crippen LogP contribution in [0.1, 0.15) is 182 Å². The zero-order valence-electron chi connectivity index (χ0n) is 50.2. The van der Waals surface area contributed by atoms with Crippen LogP contribution in [0.4, 0.5) is 17.1 Å². The van der Waals surface area contributed by atoms with E-state index < -0.39 is 0 Å². The Bertz CT molecular complexity index is 4190. The van der Waals surface area contributed by atoms with E-state index >= 15 is 0 Å². The molecule has 0 amide bonds. The number of hydrogen-bond acceptors (Lipinski definition) is 1. The highest BCUT2D eigenvalue weighted by Crippen LogP contribution is 2.52. The Balaban J connectivity index is 1.16. The molecule has 0 fully saturated rings. The standard InChI is InChI=1S/C74H80BN3/c1-68(2,3)43-23-29-48(30-24-43)76-60-33-27-45(70(7,8)9)35-50(60)51-40-59-65(42-64(51)76)77(49-31-25-44(26-32-49)69(4,5)6)62-22-20-21-54-66(62)75(59)58-39-52-53-36-47(72(13,14)15)38-57-67(53)78(63(52)41-55(58)73(54,16)17)61-34-28-46(71(10,11)12)37-56(61)74(57,18)19/h20-42H,1-19H3. The first-order chi connectivity index (χ1) is 36.3. The first kappa shape index (κ1) is 50.7. The second-order valence-electron chi connectivity index (χ2n) is 30.0. The zero-order valence-corrected chi connectivity index (χ0v) is 50.2. The smallest absolute Gasteiger partial charge is 0.247 e. The fourth-order valence-corrected chi connectivity index (χ4v) is 14.1. The van der Waals surface area contributed by atoms with Gasteiger partial charge in [0.05, 0.1) is 27.8 Å². The summed E-state index contributed by atoms with van der Waals surface area (Å²) in [5.41, 5.74) is 27.4. The zero-order chi connectivity index (χ0) is 55.5. The number of aromatic nitrogens is 2. The molecule has 3 aliphatic rings. The van der Waals surface area contributed by atoms with Crippen LogP contribution in [0.5, 0.6) is 0 Å². The number of anilines is 3. The van der Waals surface area contributed by atoms with Crippen molar-refractivity contribution in [3.8, 4) is 11.4 Å². The molecule has 0 aliphatic carbocycles. The van der Waals surface area contributed by atoms with Gasteiger partial charge in [-0.25, -0.2) is 0 Å². The Labute approximate surface area is 465 Å². The average molecular weight is 1020 g/mol. The predicted molar refractivity (Wildman–Crippen MR) is 339 cm³/mol.